The highest BCUT2D eigenvalue weighted by Gasteiger charge is 2.26. The SMILES string of the molecule is C=CC(=O)C(c1cccc(C(=O)O)c1S)C(C)O. The van der Waals surface area contributed by atoms with E-state index in [1.165, 1.54) is 19.1 Å². The minimum atomic E-state index is -1.13. The number of allylic oxidation sites excluding steroid dienone is 1. The third-order valence-corrected chi connectivity index (χ3v) is 3.12. The van der Waals surface area contributed by atoms with Gasteiger partial charge in [-0.15, -0.1) is 12.6 Å². The largest absolute Gasteiger partial charge is 0.478 e. The van der Waals surface area contributed by atoms with Crippen molar-refractivity contribution in [3.05, 3.63) is 42.0 Å². The van der Waals surface area contributed by atoms with Gasteiger partial charge >= 0.3 is 5.97 Å². The minimum absolute atomic E-state index is 0.00153. The van der Waals surface area contributed by atoms with Gasteiger partial charge in [0.1, 0.15) is 0 Å². The van der Waals surface area contributed by atoms with E-state index < -0.39 is 18.0 Å². The van der Waals surface area contributed by atoms with Crippen molar-refractivity contribution >= 4 is 24.4 Å². The van der Waals surface area contributed by atoms with E-state index in [4.69, 9.17) is 5.11 Å². The van der Waals surface area contributed by atoms with Crippen LogP contribution in [0, 0.1) is 0 Å². The number of hydrogen-bond donors (Lipinski definition) is 3. The Morgan fingerprint density at radius 2 is 2.06 bits per heavy atom. The molecule has 2 N–H and O–H groups in total. The molecule has 0 heterocycles. The molecule has 0 aliphatic carbocycles. The summed E-state index contributed by atoms with van der Waals surface area (Å²) in [5.74, 6) is -2.35. The van der Waals surface area contributed by atoms with Gasteiger partial charge in [-0.25, -0.2) is 4.79 Å². The van der Waals surface area contributed by atoms with E-state index >= 15 is 0 Å². The van der Waals surface area contributed by atoms with E-state index in [-0.39, 0.29) is 16.2 Å². The Hall–Kier alpha value is -1.59. The third-order valence-electron chi connectivity index (χ3n) is 2.62. The zero-order chi connectivity index (χ0) is 13.9. The molecule has 0 aliphatic rings. The Labute approximate surface area is 110 Å². The van der Waals surface area contributed by atoms with Gasteiger partial charge in [-0.05, 0) is 24.6 Å². The van der Waals surface area contributed by atoms with Gasteiger partial charge in [0, 0.05) is 4.90 Å². The van der Waals surface area contributed by atoms with Crippen molar-refractivity contribution in [1.29, 1.82) is 0 Å². The van der Waals surface area contributed by atoms with Crippen molar-refractivity contribution in [2.75, 3.05) is 0 Å². The number of carboxylic acid groups (broad SMARTS) is 1. The van der Waals surface area contributed by atoms with Gasteiger partial charge in [0.15, 0.2) is 5.78 Å². The lowest BCUT2D eigenvalue weighted by molar-refractivity contribution is -0.118. The number of benzene rings is 1. The van der Waals surface area contributed by atoms with Crippen molar-refractivity contribution in [1.82, 2.24) is 0 Å². The average Bonchev–Trinajstić information content (AvgIpc) is 2.30. The lowest BCUT2D eigenvalue weighted by Gasteiger charge is -2.20. The second-order valence-electron chi connectivity index (χ2n) is 3.87. The van der Waals surface area contributed by atoms with Gasteiger partial charge in [-0.3, -0.25) is 4.79 Å². The summed E-state index contributed by atoms with van der Waals surface area (Å²) in [6.07, 6.45) is 0.156. The summed E-state index contributed by atoms with van der Waals surface area (Å²) in [5.41, 5.74) is 0.386. The first-order valence-corrected chi connectivity index (χ1v) is 5.74. The molecule has 4 nitrogen and oxygen atoms in total. The molecule has 0 fully saturated rings. The lowest BCUT2D eigenvalue weighted by Crippen LogP contribution is -2.23. The van der Waals surface area contributed by atoms with Crippen LogP contribution in [0.1, 0.15) is 28.8 Å². The highest BCUT2D eigenvalue weighted by molar-refractivity contribution is 7.80. The Bertz CT molecular complexity index is 494. The predicted molar refractivity (Wildman–Crippen MR) is 70.3 cm³/mol. The summed E-state index contributed by atoms with van der Waals surface area (Å²) in [4.78, 5) is 22.9. The highest BCUT2D eigenvalue weighted by atomic mass is 32.1. The van der Waals surface area contributed by atoms with Crippen molar-refractivity contribution in [3.8, 4) is 0 Å². The van der Waals surface area contributed by atoms with Crippen LogP contribution in [0.5, 0.6) is 0 Å². The van der Waals surface area contributed by atoms with Gasteiger partial charge in [-0.2, -0.15) is 0 Å². The monoisotopic (exact) mass is 266 g/mol. The molecule has 96 valence electrons. The van der Waals surface area contributed by atoms with Crippen LogP contribution in [0.15, 0.2) is 35.7 Å². The summed E-state index contributed by atoms with van der Waals surface area (Å²) < 4.78 is 0. The van der Waals surface area contributed by atoms with Crippen LogP contribution in [0.4, 0.5) is 0 Å². The molecule has 2 atom stereocenters. The summed E-state index contributed by atoms with van der Waals surface area (Å²) in [7, 11) is 0. The average molecular weight is 266 g/mol. The highest BCUT2D eigenvalue weighted by Crippen LogP contribution is 2.29. The fourth-order valence-corrected chi connectivity index (χ4v) is 2.15. The lowest BCUT2D eigenvalue weighted by atomic mass is 9.89. The van der Waals surface area contributed by atoms with Crippen LogP contribution in [0.2, 0.25) is 0 Å². The molecule has 2 unspecified atom stereocenters. The molecule has 0 aliphatic heterocycles. The minimum Gasteiger partial charge on any atom is -0.478 e. The standard InChI is InChI=1S/C13H14O4S/c1-3-10(15)11(7(2)14)8-5-4-6-9(12(8)18)13(16)17/h3-7,11,14,18H,1H2,2H3,(H,16,17). The van der Waals surface area contributed by atoms with Gasteiger partial charge in [-0.1, -0.05) is 18.7 Å². The number of aliphatic hydroxyl groups excluding tert-OH is 1. The summed E-state index contributed by atoms with van der Waals surface area (Å²) in [5, 5.41) is 18.7. The fourth-order valence-electron chi connectivity index (χ4n) is 1.76. The number of thiol groups is 1. The van der Waals surface area contributed by atoms with Crippen LogP contribution in [-0.2, 0) is 4.79 Å². The van der Waals surface area contributed by atoms with E-state index in [1.54, 1.807) is 6.07 Å². The zero-order valence-electron chi connectivity index (χ0n) is 9.83. The van der Waals surface area contributed by atoms with Crippen LogP contribution in [0.3, 0.4) is 0 Å². The smallest absolute Gasteiger partial charge is 0.336 e. The molecule has 18 heavy (non-hydrogen) atoms. The van der Waals surface area contributed by atoms with Crippen molar-refractivity contribution in [2.45, 2.75) is 23.8 Å². The van der Waals surface area contributed by atoms with Gasteiger partial charge < -0.3 is 10.2 Å². The molecule has 0 amide bonds. The maximum Gasteiger partial charge on any atom is 0.336 e. The van der Waals surface area contributed by atoms with Crippen molar-refractivity contribution in [3.63, 3.8) is 0 Å². The maximum absolute atomic E-state index is 11.7. The number of carboxylic acids is 1. The topological polar surface area (TPSA) is 74.6 Å². The summed E-state index contributed by atoms with van der Waals surface area (Å²) in [6, 6.07) is 4.49. The Morgan fingerprint density at radius 3 is 2.50 bits per heavy atom. The number of rotatable bonds is 5. The Morgan fingerprint density at radius 1 is 1.44 bits per heavy atom. The van der Waals surface area contributed by atoms with Crippen LogP contribution in [0.25, 0.3) is 0 Å². The van der Waals surface area contributed by atoms with Crippen LogP contribution in [-0.4, -0.2) is 28.1 Å². The van der Waals surface area contributed by atoms with E-state index in [0.29, 0.717) is 5.56 Å². The number of hydrogen-bond acceptors (Lipinski definition) is 4. The quantitative estimate of drug-likeness (QED) is 0.562. The van der Waals surface area contributed by atoms with E-state index in [2.05, 4.69) is 19.2 Å². The molecule has 0 saturated heterocycles. The Balaban J connectivity index is 3.38. The number of carbonyl (C=O) groups is 2. The first-order valence-electron chi connectivity index (χ1n) is 5.29. The van der Waals surface area contributed by atoms with E-state index in [9.17, 15) is 14.7 Å². The molecular formula is C13H14O4S. The molecule has 1 aromatic rings. The first-order chi connectivity index (χ1) is 8.40. The number of aromatic carboxylic acids is 1. The number of carbonyl (C=O) groups excluding carboxylic acids is 1. The van der Waals surface area contributed by atoms with Crippen LogP contribution < -0.4 is 0 Å². The molecular weight excluding hydrogens is 252 g/mol. The Kier molecular flexibility index (Phi) is 4.69. The van der Waals surface area contributed by atoms with Gasteiger partial charge in [0.2, 0.25) is 0 Å². The predicted octanol–water partition coefficient (Wildman–Crippen LogP) is 1.89. The first kappa shape index (κ1) is 14.5. The maximum atomic E-state index is 11.7. The number of aliphatic hydroxyl groups is 1. The molecule has 0 spiro atoms. The van der Waals surface area contributed by atoms with E-state index in [0.717, 1.165) is 6.08 Å². The third kappa shape index (κ3) is 2.80. The molecule has 1 rings (SSSR count). The second-order valence-corrected chi connectivity index (χ2v) is 4.32. The van der Waals surface area contributed by atoms with Crippen molar-refractivity contribution < 1.29 is 19.8 Å². The molecule has 0 bridgehead atoms. The molecule has 0 radical (unpaired) electrons. The van der Waals surface area contributed by atoms with Crippen LogP contribution >= 0.6 is 12.6 Å². The van der Waals surface area contributed by atoms with Gasteiger partial charge in [0.05, 0.1) is 17.6 Å². The summed E-state index contributed by atoms with van der Waals surface area (Å²) in [6.45, 7) is 4.84. The molecule has 5 heteroatoms. The summed E-state index contributed by atoms with van der Waals surface area (Å²) >= 11 is 4.14. The molecule has 0 aromatic heterocycles. The molecule has 0 saturated carbocycles. The fraction of sp³-hybridized carbons (Fsp3) is 0.231. The van der Waals surface area contributed by atoms with E-state index in [1.807, 2.05) is 0 Å². The zero-order valence-corrected chi connectivity index (χ0v) is 10.7. The second kappa shape index (κ2) is 5.84. The number of ketones is 1. The van der Waals surface area contributed by atoms with Gasteiger partial charge in [0.25, 0.3) is 0 Å². The normalized spacial score (nSPS) is 13.7. The molecule has 1 aromatic carbocycles. The van der Waals surface area contributed by atoms with Crippen molar-refractivity contribution in [2.24, 2.45) is 0 Å².